The van der Waals surface area contributed by atoms with Gasteiger partial charge in [-0.25, -0.2) is 0 Å². The van der Waals surface area contributed by atoms with Gasteiger partial charge in [0.15, 0.2) is 0 Å². The lowest BCUT2D eigenvalue weighted by Crippen LogP contribution is -2.55. The van der Waals surface area contributed by atoms with E-state index in [4.69, 9.17) is 21.1 Å². The molecule has 2 aromatic carbocycles. The van der Waals surface area contributed by atoms with Gasteiger partial charge in [0.25, 0.3) is 0 Å². The Morgan fingerprint density at radius 1 is 0.900 bits per heavy atom. The number of aliphatic hydroxyl groups excluding tert-OH is 4. The number of hydrogen-bond donors (Lipinski definition) is 4. The number of rotatable bonds is 6. The molecule has 6 nitrogen and oxygen atoms in total. The van der Waals surface area contributed by atoms with Crippen LogP contribution < -0.4 is 0 Å². The SMILES string of the molecule is OC[C@H]1O[C@@H](c2ccc(Cl)c(Cc3ccc(CC4COC4)cc3)c2)[C@H](O)[C@@H](O)[C@@H]1O. The molecule has 2 heterocycles. The summed E-state index contributed by atoms with van der Waals surface area (Å²) >= 11 is 6.41. The Balaban J connectivity index is 1.50. The van der Waals surface area contributed by atoms with Crippen molar-refractivity contribution in [1.29, 1.82) is 0 Å². The van der Waals surface area contributed by atoms with Crippen LogP contribution in [0.3, 0.4) is 0 Å². The molecule has 0 saturated carbocycles. The molecule has 2 aromatic rings. The average Bonchev–Trinajstić information content (AvgIpc) is 2.72. The molecule has 30 heavy (non-hydrogen) atoms. The van der Waals surface area contributed by atoms with E-state index in [1.54, 1.807) is 12.1 Å². The summed E-state index contributed by atoms with van der Waals surface area (Å²) in [4.78, 5) is 0. The zero-order chi connectivity index (χ0) is 21.3. The fraction of sp³-hybridized carbons (Fsp3) is 0.478. The minimum atomic E-state index is -1.41. The van der Waals surface area contributed by atoms with Crippen LogP contribution in [-0.2, 0) is 22.3 Å². The van der Waals surface area contributed by atoms with Crippen LogP contribution in [0.1, 0.15) is 28.4 Å². The minimum absolute atomic E-state index is 0.457. The van der Waals surface area contributed by atoms with E-state index < -0.39 is 37.1 Å². The Kier molecular flexibility index (Phi) is 6.75. The normalized spacial score (nSPS) is 29.6. The van der Waals surface area contributed by atoms with E-state index in [-0.39, 0.29) is 0 Å². The van der Waals surface area contributed by atoms with Crippen molar-refractivity contribution in [1.82, 2.24) is 0 Å². The zero-order valence-electron chi connectivity index (χ0n) is 16.5. The summed E-state index contributed by atoms with van der Waals surface area (Å²) in [7, 11) is 0. The van der Waals surface area contributed by atoms with Crippen LogP contribution in [0.4, 0.5) is 0 Å². The first-order valence-corrected chi connectivity index (χ1v) is 10.6. The molecule has 0 aromatic heterocycles. The Morgan fingerprint density at radius 2 is 1.60 bits per heavy atom. The van der Waals surface area contributed by atoms with Gasteiger partial charge in [0.2, 0.25) is 0 Å². The van der Waals surface area contributed by atoms with Gasteiger partial charge in [-0.3, -0.25) is 0 Å². The standard InChI is InChI=1S/C23H27ClO6/c24-18-6-5-16(23-22(28)21(27)20(26)19(10-25)30-23)9-17(18)8-14-3-1-13(2-4-14)7-15-11-29-12-15/h1-6,9,15,19-23,25-28H,7-8,10-12H2/t19-,20-,21+,22-,23+/m1/s1. The Labute approximate surface area is 180 Å². The summed E-state index contributed by atoms with van der Waals surface area (Å²) in [5, 5.41) is 40.5. The first-order chi connectivity index (χ1) is 14.5. The van der Waals surface area contributed by atoms with Gasteiger partial charge in [0.1, 0.15) is 30.5 Å². The highest BCUT2D eigenvalue weighted by Gasteiger charge is 2.44. The molecule has 162 valence electrons. The van der Waals surface area contributed by atoms with Gasteiger partial charge >= 0.3 is 0 Å². The maximum atomic E-state index is 10.4. The molecule has 0 amide bonds. The number of ether oxygens (including phenoxy) is 2. The topological polar surface area (TPSA) is 99.4 Å². The van der Waals surface area contributed by atoms with Gasteiger partial charge in [-0.2, -0.15) is 0 Å². The summed E-state index contributed by atoms with van der Waals surface area (Å²) < 4.78 is 10.9. The van der Waals surface area contributed by atoms with Crippen molar-refractivity contribution in [2.45, 2.75) is 43.4 Å². The zero-order valence-corrected chi connectivity index (χ0v) is 17.3. The fourth-order valence-electron chi connectivity index (χ4n) is 4.03. The Bertz CT molecular complexity index is 851. The molecule has 0 unspecified atom stereocenters. The Morgan fingerprint density at radius 3 is 2.23 bits per heavy atom. The molecule has 0 radical (unpaired) electrons. The second-order valence-corrected chi connectivity index (χ2v) is 8.61. The van der Waals surface area contributed by atoms with Gasteiger partial charge in [0, 0.05) is 10.9 Å². The average molecular weight is 435 g/mol. The maximum absolute atomic E-state index is 10.4. The fourth-order valence-corrected chi connectivity index (χ4v) is 4.22. The monoisotopic (exact) mass is 434 g/mol. The van der Waals surface area contributed by atoms with Crippen LogP contribution in [-0.4, -0.2) is 64.7 Å². The number of aliphatic hydroxyl groups is 4. The first kappa shape index (κ1) is 21.7. The van der Waals surface area contributed by atoms with Gasteiger partial charge in [-0.05, 0) is 41.2 Å². The second-order valence-electron chi connectivity index (χ2n) is 8.20. The molecule has 4 rings (SSSR count). The van der Waals surface area contributed by atoms with Gasteiger partial charge in [0.05, 0.1) is 19.8 Å². The summed E-state index contributed by atoms with van der Waals surface area (Å²) in [6.07, 6.45) is -4.28. The maximum Gasteiger partial charge on any atom is 0.113 e. The molecule has 0 bridgehead atoms. The molecule has 7 heteroatoms. The molecule has 0 aliphatic carbocycles. The summed E-state index contributed by atoms with van der Waals surface area (Å²) in [6, 6.07) is 13.7. The van der Waals surface area contributed by atoms with Crippen molar-refractivity contribution in [3.8, 4) is 0 Å². The third-order valence-electron chi connectivity index (χ3n) is 5.94. The van der Waals surface area contributed by atoms with Crippen molar-refractivity contribution in [3.63, 3.8) is 0 Å². The van der Waals surface area contributed by atoms with E-state index in [0.717, 1.165) is 30.8 Å². The van der Waals surface area contributed by atoms with E-state index in [2.05, 4.69) is 24.3 Å². The van der Waals surface area contributed by atoms with Crippen molar-refractivity contribution in [2.75, 3.05) is 19.8 Å². The lowest BCUT2D eigenvalue weighted by Gasteiger charge is -2.40. The van der Waals surface area contributed by atoms with E-state index in [1.807, 2.05) is 6.07 Å². The smallest absolute Gasteiger partial charge is 0.113 e. The van der Waals surface area contributed by atoms with E-state index in [1.165, 1.54) is 5.56 Å². The van der Waals surface area contributed by atoms with Crippen LogP contribution in [0.25, 0.3) is 0 Å². The van der Waals surface area contributed by atoms with Crippen LogP contribution in [0.15, 0.2) is 42.5 Å². The van der Waals surface area contributed by atoms with Gasteiger partial charge < -0.3 is 29.9 Å². The van der Waals surface area contributed by atoms with Crippen LogP contribution >= 0.6 is 11.6 Å². The van der Waals surface area contributed by atoms with E-state index in [0.29, 0.717) is 22.9 Å². The lowest BCUT2D eigenvalue weighted by molar-refractivity contribution is -0.231. The van der Waals surface area contributed by atoms with E-state index >= 15 is 0 Å². The molecule has 2 fully saturated rings. The molecule has 5 atom stereocenters. The quantitative estimate of drug-likeness (QED) is 0.551. The molecule has 0 spiro atoms. The minimum Gasteiger partial charge on any atom is -0.394 e. The number of benzene rings is 2. The molecule has 2 aliphatic heterocycles. The largest absolute Gasteiger partial charge is 0.394 e. The summed E-state index contributed by atoms with van der Waals surface area (Å²) in [6.45, 7) is 1.21. The van der Waals surface area contributed by atoms with Crippen LogP contribution in [0.5, 0.6) is 0 Å². The van der Waals surface area contributed by atoms with Crippen molar-refractivity contribution < 1.29 is 29.9 Å². The molecule has 2 saturated heterocycles. The molecular weight excluding hydrogens is 408 g/mol. The third-order valence-corrected chi connectivity index (χ3v) is 6.31. The number of halogens is 1. The highest BCUT2D eigenvalue weighted by Crippen LogP contribution is 2.34. The van der Waals surface area contributed by atoms with Crippen molar-refractivity contribution in [3.05, 3.63) is 69.7 Å². The highest BCUT2D eigenvalue weighted by atomic mass is 35.5. The predicted molar refractivity (Wildman–Crippen MR) is 111 cm³/mol. The lowest BCUT2D eigenvalue weighted by atomic mass is 9.90. The predicted octanol–water partition coefficient (Wildman–Crippen LogP) is 1.63. The molecular formula is C23H27ClO6. The van der Waals surface area contributed by atoms with Crippen LogP contribution in [0, 0.1) is 5.92 Å². The first-order valence-electron chi connectivity index (χ1n) is 10.2. The third kappa shape index (κ3) is 4.55. The molecule has 2 aliphatic rings. The van der Waals surface area contributed by atoms with Crippen molar-refractivity contribution in [2.24, 2.45) is 5.92 Å². The van der Waals surface area contributed by atoms with Gasteiger partial charge in [-0.1, -0.05) is 48.0 Å². The molecule has 4 N–H and O–H groups in total. The van der Waals surface area contributed by atoms with E-state index in [9.17, 15) is 20.4 Å². The summed E-state index contributed by atoms with van der Waals surface area (Å²) in [5.41, 5.74) is 3.89. The highest BCUT2D eigenvalue weighted by molar-refractivity contribution is 6.31. The summed E-state index contributed by atoms with van der Waals surface area (Å²) in [5.74, 6) is 0.612. The Hall–Kier alpha value is -1.51. The van der Waals surface area contributed by atoms with Crippen molar-refractivity contribution >= 4 is 11.6 Å². The van der Waals surface area contributed by atoms with Crippen LogP contribution in [0.2, 0.25) is 5.02 Å². The second kappa shape index (κ2) is 9.32. The number of hydrogen-bond acceptors (Lipinski definition) is 6. The van der Waals surface area contributed by atoms with Gasteiger partial charge in [-0.15, -0.1) is 0 Å².